The Morgan fingerprint density at radius 1 is 0.882 bits per heavy atom. The van der Waals surface area contributed by atoms with Crippen LogP contribution >= 0.6 is 12.0 Å². The summed E-state index contributed by atoms with van der Waals surface area (Å²) in [6.45, 7) is 3.04. The van der Waals surface area contributed by atoms with Gasteiger partial charge in [0, 0.05) is 49.5 Å². The topological polar surface area (TPSA) is 173 Å². The number of amides is 2. The van der Waals surface area contributed by atoms with Crippen molar-refractivity contribution in [3.05, 3.63) is 90.9 Å². The predicted octanol–water partition coefficient (Wildman–Crippen LogP) is 5.65. The van der Waals surface area contributed by atoms with Gasteiger partial charge in [0.1, 0.15) is 0 Å². The molecule has 12 nitrogen and oxygen atoms in total. The molecule has 13 heteroatoms. The number of esters is 1. The third-order valence-electron chi connectivity index (χ3n) is 6.89. The monoisotopic (exact) mass is 729 g/mol. The highest BCUT2D eigenvalue weighted by atomic mass is 32.2. The van der Waals surface area contributed by atoms with Gasteiger partial charge in [0.25, 0.3) is 12.4 Å². The minimum Gasteiger partial charge on any atom is -0.448 e. The zero-order chi connectivity index (χ0) is 37.6. The van der Waals surface area contributed by atoms with Crippen LogP contribution < -0.4 is 10.6 Å². The van der Waals surface area contributed by atoms with E-state index in [2.05, 4.69) is 83.3 Å². The molecule has 1 rings (SSSR count). The van der Waals surface area contributed by atoms with Crippen LogP contribution in [-0.4, -0.2) is 77.0 Å². The molecule has 1 atom stereocenters. The second-order valence-corrected chi connectivity index (χ2v) is 12.7. The Morgan fingerprint density at radius 3 is 2.10 bits per heavy atom. The van der Waals surface area contributed by atoms with Gasteiger partial charge in [-0.25, -0.2) is 4.79 Å². The van der Waals surface area contributed by atoms with Gasteiger partial charge in [0.15, 0.2) is 6.10 Å². The molecular formula is C38H55N3O9S. The molecule has 0 aliphatic rings. The number of carbonyl (C=O) groups is 4. The molecule has 4 N–H and O–H groups in total. The predicted molar refractivity (Wildman–Crippen MR) is 199 cm³/mol. The van der Waals surface area contributed by atoms with Crippen molar-refractivity contribution in [3.63, 3.8) is 0 Å². The summed E-state index contributed by atoms with van der Waals surface area (Å²) in [5.41, 5.74) is -1.04. The summed E-state index contributed by atoms with van der Waals surface area (Å²) >= 11 is 0.965. The highest BCUT2D eigenvalue weighted by Crippen LogP contribution is 2.26. The first-order valence-corrected chi connectivity index (χ1v) is 18.2. The molecular weight excluding hydrogens is 674 g/mol. The summed E-state index contributed by atoms with van der Waals surface area (Å²) in [5.74, 6) is -1.79. The molecule has 1 aromatic rings. The Hall–Kier alpha value is -4.04. The largest absolute Gasteiger partial charge is 0.448 e. The van der Waals surface area contributed by atoms with Gasteiger partial charge in [-0.3, -0.25) is 19.4 Å². The number of hydrogen-bond acceptors (Lipinski definition) is 11. The van der Waals surface area contributed by atoms with Crippen LogP contribution in [0.15, 0.2) is 85.3 Å². The normalized spacial score (nSPS) is 12.8. The van der Waals surface area contributed by atoms with Gasteiger partial charge in [-0.2, -0.15) is 0 Å². The average molecular weight is 730 g/mol. The molecule has 0 aromatic carbocycles. The number of aromatic nitrogens is 1. The third-order valence-corrected chi connectivity index (χ3v) is 7.57. The molecule has 282 valence electrons. The number of pyridine rings is 1. The fourth-order valence-electron chi connectivity index (χ4n) is 4.19. The first-order valence-electron chi connectivity index (χ1n) is 17.3. The molecule has 0 radical (unpaired) electrons. The number of aliphatic hydroxyl groups is 2. The lowest BCUT2D eigenvalue weighted by molar-refractivity contribution is -0.249. The second-order valence-electron chi connectivity index (χ2n) is 11.9. The Bertz CT molecular complexity index is 1290. The molecule has 0 aliphatic heterocycles. The summed E-state index contributed by atoms with van der Waals surface area (Å²) in [4.78, 5) is 53.7. The number of carbonyl (C=O) groups excluding carboxylic acids is 4. The molecule has 1 heterocycles. The zero-order valence-electron chi connectivity index (χ0n) is 30.0. The van der Waals surface area contributed by atoms with E-state index in [1.165, 1.54) is 18.5 Å². The molecule has 0 saturated carbocycles. The van der Waals surface area contributed by atoms with Crippen molar-refractivity contribution in [2.24, 2.45) is 5.41 Å². The van der Waals surface area contributed by atoms with E-state index in [0.29, 0.717) is 18.6 Å². The van der Waals surface area contributed by atoms with Gasteiger partial charge in [-0.1, -0.05) is 81.5 Å². The number of hydrogen-bond donors (Lipinski definition) is 4. The fraction of sp³-hybridized carbons (Fsp3) is 0.500. The molecule has 1 aromatic heterocycles. The minimum atomic E-state index is -2.08. The lowest BCUT2D eigenvalue weighted by Crippen LogP contribution is -2.49. The highest BCUT2D eigenvalue weighted by Gasteiger charge is 2.39. The van der Waals surface area contributed by atoms with E-state index in [1.54, 1.807) is 19.9 Å². The molecule has 0 aliphatic carbocycles. The second kappa shape index (κ2) is 28.6. The third kappa shape index (κ3) is 23.9. The van der Waals surface area contributed by atoms with Crippen LogP contribution in [0.1, 0.15) is 88.9 Å². The van der Waals surface area contributed by atoms with E-state index in [-0.39, 0.29) is 43.6 Å². The quantitative estimate of drug-likeness (QED) is 0.0290. The van der Waals surface area contributed by atoms with Gasteiger partial charge in [-0.15, -0.1) is 0 Å². The number of allylic oxidation sites excluding steroid dienone is 10. The van der Waals surface area contributed by atoms with E-state index in [9.17, 15) is 19.2 Å². The molecule has 2 amide bonds. The maximum Gasteiger partial charge on any atom is 0.340 e. The van der Waals surface area contributed by atoms with E-state index in [4.69, 9.17) is 23.9 Å². The van der Waals surface area contributed by atoms with Crippen molar-refractivity contribution in [2.75, 3.05) is 25.4 Å². The van der Waals surface area contributed by atoms with Gasteiger partial charge in [0.05, 0.1) is 24.2 Å². The molecule has 0 spiro atoms. The van der Waals surface area contributed by atoms with Crippen LogP contribution in [0.4, 0.5) is 0 Å². The summed E-state index contributed by atoms with van der Waals surface area (Å²) in [6.07, 6.45) is 29.3. The number of nitrogens with zero attached hydrogens (tertiary/aromatic N) is 1. The Labute approximate surface area is 306 Å². The highest BCUT2D eigenvalue weighted by molar-refractivity contribution is 7.95. The lowest BCUT2D eigenvalue weighted by Gasteiger charge is -2.32. The van der Waals surface area contributed by atoms with Crippen molar-refractivity contribution in [1.82, 2.24) is 15.6 Å². The molecule has 1 unspecified atom stereocenters. The molecule has 0 fully saturated rings. The summed E-state index contributed by atoms with van der Waals surface area (Å²) < 4.78 is 15.4. The maximum absolute atomic E-state index is 13.0. The van der Waals surface area contributed by atoms with E-state index < -0.39 is 29.9 Å². The Balaban J connectivity index is 2.21. The Morgan fingerprint density at radius 2 is 1.51 bits per heavy atom. The van der Waals surface area contributed by atoms with Crippen molar-refractivity contribution in [1.29, 1.82) is 0 Å². The number of nitrogens with one attached hydrogen (secondary N) is 2. The standard InChI is InChI=1S/C38H55N3O9S/c1-4-5-6-7-8-9-10-11-12-13-14-15-16-17-18-19-20-23-33(43)50-51-28-27-40-32(42)24-26-41-35(44)34(38(2,3)30-48-37(46)47)49-36(45)31-22-21-25-39-29-31/h5-6,8-9,11-12,14-15,17-18,21-22,25,29,34,37,46-47H,4,7,10,13,16,19-20,23-24,26-28,30H2,1-3H3,(H,40,42)(H,41,44). The molecule has 51 heavy (non-hydrogen) atoms. The number of ether oxygens (including phenoxy) is 2. The number of aliphatic hydroxyl groups excluding tert-OH is 1. The Kier molecular flexibility index (Phi) is 25.3. The van der Waals surface area contributed by atoms with E-state index in [0.717, 1.165) is 50.6 Å². The van der Waals surface area contributed by atoms with E-state index >= 15 is 0 Å². The summed E-state index contributed by atoms with van der Waals surface area (Å²) in [6, 6.07) is 3.02. The number of rotatable bonds is 27. The van der Waals surface area contributed by atoms with Gasteiger partial charge < -0.3 is 34.5 Å². The van der Waals surface area contributed by atoms with Gasteiger partial charge in [0.2, 0.25) is 5.91 Å². The summed E-state index contributed by atoms with van der Waals surface area (Å²) in [5, 5.41) is 23.4. The van der Waals surface area contributed by atoms with Crippen LogP contribution in [0.5, 0.6) is 0 Å². The molecule has 0 bridgehead atoms. The fourth-order valence-corrected chi connectivity index (χ4v) is 4.67. The SMILES string of the molecule is CCC=CCC=CCC=CCC=CCC=CCCCC(=O)OSCCNC(=O)CCNC(=O)C(OC(=O)c1cccnc1)C(C)(C)COC(O)O. The van der Waals surface area contributed by atoms with Crippen molar-refractivity contribution in [2.45, 2.75) is 91.1 Å². The summed E-state index contributed by atoms with van der Waals surface area (Å²) in [7, 11) is 0. The smallest absolute Gasteiger partial charge is 0.340 e. The minimum absolute atomic E-state index is 0.0504. The number of unbranched alkanes of at least 4 members (excludes halogenated alkanes) is 1. The van der Waals surface area contributed by atoms with Crippen LogP contribution in [0.2, 0.25) is 0 Å². The first-order chi connectivity index (χ1) is 24.6. The van der Waals surface area contributed by atoms with Gasteiger partial charge in [-0.05, 0) is 57.1 Å². The molecule has 0 saturated heterocycles. The van der Waals surface area contributed by atoms with Gasteiger partial charge >= 0.3 is 11.9 Å². The maximum atomic E-state index is 13.0. The van der Waals surface area contributed by atoms with Crippen molar-refractivity contribution < 1.29 is 43.0 Å². The van der Waals surface area contributed by atoms with Crippen molar-refractivity contribution >= 4 is 35.8 Å². The van der Waals surface area contributed by atoms with Crippen LogP contribution in [0, 0.1) is 5.41 Å². The van der Waals surface area contributed by atoms with Crippen LogP contribution in [-0.2, 0) is 28.0 Å². The van der Waals surface area contributed by atoms with Crippen LogP contribution in [0.3, 0.4) is 0 Å². The zero-order valence-corrected chi connectivity index (χ0v) is 30.9. The van der Waals surface area contributed by atoms with Crippen molar-refractivity contribution in [3.8, 4) is 0 Å². The first kappa shape index (κ1) is 45.0. The van der Waals surface area contributed by atoms with Crippen LogP contribution in [0.25, 0.3) is 0 Å². The van der Waals surface area contributed by atoms with E-state index in [1.807, 2.05) is 0 Å². The lowest BCUT2D eigenvalue weighted by atomic mass is 9.86. The average Bonchev–Trinajstić information content (AvgIpc) is 3.11.